The Morgan fingerprint density at radius 1 is 1.29 bits per heavy atom. The zero-order valence-corrected chi connectivity index (χ0v) is 10.0. The molecule has 0 aliphatic carbocycles. The van der Waals surface area contributed by atoms with Gasteiger partial charge in [0, 0.05) is 25.5 Å². The molecule has 0 spiro atoms. The highest BCUT2D eigenvalue weighted by molar-refractivity contribution is 5.96. The molecule has 0 aromatic heterocycles. The van der Waals surface area contributed by atoms with Crippen LogP contribution < -0.4 is 5.32 Å². The molecule has 0 heterocycles. The van der Waals surface area contributed by atoms with E-state index in [1.165, 1.54) is 18.2 Å². The van der Waals surface area contributed by atoms with E-state index in [9.17, 15) is 14.0 Å². The van der Waals surface area contributed by atoms with Crippen molar-refractivity contribution < 1.29 is 14.0 Å². The molecule has 0 unspecified atom stereocenters. The first-order valence-electron chi connectivity index (χ1n) is 5.54. The van der Waals surface area contributed by atoms with Crippen LogP contribution in [0.4, 0.5) is 4.39 Å². The highest BCUT2D eigenvalue weighted by atomic mass is 19.1. The summed E-state index contributed by atoms with van der Waals surface area (Å²) in [5, 5.41) is 2.50. The van der Waals surface area contributed by atoms with Crippen LogP contribution in [0, 0.1) is 12.7 Å². The number of benzene rings is 1. The van der Waals surface area contributed by atoms with E-state index in [2.05, 4.69) is 5.32 Å². The van der Waals surface area contributed by atoms with Gasteiger partial charge >= 0.3 is 0 Å². The van der Waals surface area contributed by atoms with E-state index in [4.69, 9.17) is 0 Å². The molecule has 1 amide bonds. The summed E-state index contributed by atoms with van der Waals surface area (Å²) in [6.07, 6.45) is 1.15. The average molecular weight is 237 g/mol. The molecule has 0 aliphatic rings. The summed E-state index contributed by atoms with van der Waals surface area (Å²) in [6.45, 7) is 1.62. The number of ketones is 1. The predicted molar refractivity (Wildman–Crippen MR) is 63.4 cm³/mol. The number of Topliss-reactive ketones (excluding diaryl/α,β-unsaturated/α-hetero) is 1. The standard InChI is InChI=1S/C13H16FNO2/c1-9-8-10(6-7-11(9)14)12(16)4-3-5-13(17)15-2/h6-8H,3-5H2,1-2H3,(H,15,17). The molecule has 1 aromatic rings. The molecule has 0 saturated carbocycles. The topological polar surface area (TPSA) is 46.2 Å². The van der Waals surface area contributed by atoms with Crippen molar-refractivity contribution in [2.45, 2.75) is 26.2 Å². The summed E-state index contributed by atoms with van der Waals surface area (Å²) in [5.74, 6) is -0.447. The van der Waals surface area contributed by atoms with Gasteiger partial charge in [0.25, 0.3) is 0 Å². The number of hydrogen-bond acceptors (Lipinski definition) is 2. The first-order chi connectivity index (χ1) is 8.04. The number of aryl methyl sites for hydroxylation is 1. The lowest BCUT2D eigenvalue weighted by Gasteiger charge is -2.03. The number of amides is 1. The fourth-order valence-corrected chi connectivity index (χ4v) is 1.50. The molecule has 0 radical (unpaired) electrons. The fraction of sp³-hybridized carbons (Fsp3) is 0.385. The number of carbonyl (C=O) groups is 2. The third-order valence-electron chi connectivity index (χ3n) is 2.57. The Balaban J connectivity index is 2.52. The highest BCUT2D eigenvalue weighted by Crippen LogP contribution is 2.12. The lowest BCUT2D eigenvalue weighted by Crippen LogP contribution is -2.17. The molecular weight excluding hydrogens is 221 g/mol. The van der Waals surface area contributed by atoms with Crippen molar-refractivity contribution in [3.63, 3.8) is 0 Å². The zero-order valence-electron chi connectivity index (χ0n) is 10.0. The second-order valence-corrected chi connectivity index (χ2v) is 3.91. The maximum atomic E-state index is 13.0. The molecule has 3 nitrogen and oxygen atoms in total. The van der Waals surface area contributed by atoms with Gasteiger partial charge in [-0.25, -0.2) is 4.39 Å². The van der Waals surface area contributed by atoms with Crippen molar-refractivity contribution >= 4 is 11.7 Å². The summed E-state index contributed by atoms with van der Waals surface area (Å²) < 4.78 is 13.0. The van der Waals surface area contributed by atoms with Gasteiger partial charge in [-0.15, -0.1) is 0 Å². The van der Waals surface area contributed by atoms with Crippen LogP contribution >= 0.6 is 0 Å². The molecule has 92 valence electrons. The van der Waals surface area contributed by atoms with Gasteiger partial charge in [0.1, 0.15) is 5.82 Å². The Hall–Kier alpha value is -1.71. The van der Waals surface area contributed by atoms with E-state index in [-0.39, 0.29) is 17.5 Å². The maximum absolute atomic E-state index is 13.0. The van der Waals surface area contributed by atoms with E-state index in [1.54, 1.807) is 14.0 Å². The van der Waals surface area contributed by atoms with Crippen LogP contribution in [0.25, 0.3) is 0 Å². The zero-order chi connectivity index (χ0) is 12.8. The Kier molecular flexibility index (Phi) is 4.82. The predicted octanol–water partition coefficient (Wildman–Crippen LogP) is 2.23. The second kappa shape index (κ2) is 6.13. The van der Waals surface area contributed by atoms with Crippen LogP contribution in [0.15, 0.2) is 18.2 Å². The Morgan fingerprint density at radius 2 is 2.00 bits per heavy atom. The normalized spacial score (nSPS) is 10.1. The van der Waals surface area contributed by atoms with Gasteiger partial charge in [-0.05, 0) is 37.1 Å². The van der Waals surface area contributed by atoms with Crippen molar-refractivity contribution in [2.75, 3.05) is 7.05 Å². The van der Waals surface area contributed by atoms with Crippen LogP contribution in [0.5, 0.6) is 0 Å². The molecule has 1 aromatic carbocycles. The quantitative estimate of drug-likeness (QED) is 0.798. The van der Waals surface area contributed by atoms with Gasteiger partial charge in [-0.3, -0.25) is 9.59 Å². The summed E-state index contributed by atoms with van der Waals surface area (Å²) in [6, 6.07) is 4.31. The number of halogens is 1. The summed E-state index contributed by atoms with van der Waals surface area (Å²) in [4.78, 5) is 22.7. The molecule has 1 rings (SSSR count). The SMILES string of the molecule is CNC(=O)CCCC(=O)c1ccc(F)c(C)c1. The summed E-state index contributed by atoms with van der Waals surface area (Å²) in [7, 11) is 1.56. The van der Waals surface area contributed by atoms with E-state index in [1.807, 2.05) is 0 Å². The van der Waals surface area contributed by atoms with Crippen LogP contribution in [-0.4, -0.2) is 18.7 Å². The fourth-order valence-electron chi connectivity index (χ4n) is 1.50. The van der Waals surface area contributed by atoms with Crippen molar-refractivity contribution in [1.29, 1.82) is 0 Å². The highest BCUT2D eigenvalue weighted by Gasteiger charge is 2.08. The lowest BCUT2D eigenvalue weighted by atomic mass is 10.0. The monoisotopic (exact) mass is 237 g/mol. The summed E-state index contributed by atoms with van der Waals surface area (Å²) >= 11 is 0. The largest absolute Gasteiger partial charge is 0.359 e. The van der Waals surface area contributed by atoms with Gasteiger partial charge in [0.15, 0.2) is 5.78 Å². The van der Waals surface area contributed by atoms with E-state index in [0.717, 1.165) is 0 Å². The minimum atomic E-state index is -0.313. The Labute approximate surface area is 100 Å². The Bertz CT molecular complexity index is 429. The molecule has 17 heavy (non-hydrogen) atoms. The second-order valence-electron chi connectivity index (χ2n) is 3.91. The Morgan fingerprint density at radius 3 is 2.59 bits per heavy atom. The van der Waals surface area contributed by atoms with Gasteiger partial charge in [-0.2, -0.15) is 0 Å². The third kappa shape index (κ3) is 3.98. The summed E-state index contributed by atoms with van der Waals surface area (Å²) in [5.41, 5.74) is 0.961. The molecule has 0 aliphatic heterocycles. The van der Waals surface area contributed by atoms with Gasteiger partial charge < -0.3 is 5.32 Å². The number of rotatable bonds is 5. The van der Waals surface area contributed by atoms with Crippen LogP contribution in [-0.2, 0) is 4.79 Å². The molecule has 0 saturated heterocycles. The molecule has 4 heteroatoms. The third-order valence-corrected chi connectivity index (χ3v) is 2.57. The van der Waals surface area contributed by atoms with Gasteiger partial charge in [0.05, 0.1) is 0 Å². The van der Waals surface area contributed by atoms with Gasteiger partial charge in [-0.1, -0.05) is 0 Å². The molecule has 0 atom stereocenters. The van der Waals surface area contributed by atoms with Crippen LogP contribution in [0.3, 0.4) is 0 Å². The number of nitrogens with one attached hydrogen (secondary N) is 1. The van der Waals surface area contributed by atoms with Crippen LogP contribution in [0.2, 0.25) is 0 Å². The number of hydrogen-bond donors (Lipinski definition) is 1. The molecule has 0 bridgehead atoms. The first kappa shape index (κ1) is 13.4. The maximum Gasteiger partial charge on any atom is 0.219 e. The van der Waals surface area contributed by atoms with E-state index >= 15 is 0 Å². The lowest BCUT2D eigenvalue weighted by molar-refractivity contribution is -0.120. The first-order valence-corrected chi connectivity index (χ1v) is 5.54. The van der Waals surface area contributed by atoms with Crippen LogP contribution in [0.1, 0.15) is 35.2 Å². The number of carbonyl (C=O) groups excluding carboxylic acids is 2. The smallest absolute Gasteiger partial charge is 0.219 e. The van der Waals surface area contributed by atoms with E-state index < -0.39 is 0 Å². The van der Waals surface area contributed by atoms with E-state index in [0.29, 0.717) is 30.4 Å². The van der Waals surface area contributed by atoms with Crippen molar-refractivity contribution in [3.05, 3.63) is 35.1 Å². The molecule has 0 fully saturated rings. The van der Waals surface area contributed by atoms with Gasteiger partial charge in [0.2, 0.25) is 5.91 Å². The minimum absolute atomic E-state index is 0.0583. The minimum Gasteiger partial charge on any atom is -0.359 e. The van der Waals surface area contributed by atoms with Crippen molar-refractivity contribution in [1.82, 2.24) is 5.32 Å². The average Bonchev–Trinajstić information content (AvgIpc) is 2.32. The van der Waals surface area contributed by atoms with Crippen molar-refractivity contribution in [2.24, 2.45) is 0 Å². The van der Waals surface area contributed by atoms with Crippen molar-refractivity contribution in [3.8, 4) is 0 Å². The molecule has 1 N–H and O–H groups in total. The molecular formula is C13H16FNO2.